The van der Waals surface area contributed by atoms with Gasteiger partial charge in [0, 0.05) is 66.1 Å². The summed E-state index contributed by atoms with van der Waals surface area (Å²) in [5, 5.41) is 4.83. The fourth-order valence-electron chi connectivity index (χ4n) is 16.1. The molecule has 6 nitrogen and oxygen atoms in total. The number of aromatic nitrogens is 2. The summed E-state index contributed by atoms with van der Waals surface area (Å²) in [4.78, 5) is 0. The molecule has 0 unspecified atom stereocenters. The van der Waals surface area contributed by atoms with Gasteiger partial charge in [-0.05, 0) is 133 Å². The van der Waals surface area contributed by atoms with E-state index in [9.17, 15) is 0 Å². The van der Waals surface area contributed by atoms with Gasteiger partial charge in [-0.15, -0.1) is 0 Å². The monoisotopic (exact) mass is 1350 g/mol. The maximum Gasteiger partial charge on any atom is 0.156 e. The molecule has 0 fully saturated rings. The summed E-state index contributed by atoms with van der Waals surface area (Å²) in [5.74, 6) is 6.73. The Hall–Kier alpha value is -11.2. The van der Waals surface area contributed by atoms with Crippen molar-refractivity contribution >= 4 is 75.5 Å². The lowest BCUT2D eigenvalue weighted by Gasteiger charge is -2.45. The number of nitrogens with zero attached hydrogens (tertiary/aromatic N) is 2. The van der Waals surface area contributed by atoms with Gasteiger partial charge in [-0.1, -0.05) is 243 Å². The molecule has 5 aliphatic rings. The van der Waals surface area contributed by atoms with Crippen molar-refractivity contribution in [2.75, 3.05) is 0 Å². The number of hydrogen-bond acceptors (Lipinski definition) is 4. The van der Waals surface area contributed by atoms with Gasteiger partial charge >= 0.3 is 0 Å². The van der Waals surface area contributed by atoms with Crippen molar-refractivity contribution in [3.63, 3.8) is 0 Å². The van der Waals surface area contributed by atoms with Gasteiger partial charge in [-0.2, -0.15) is 0 Å². The Morgan fingerprint density at radius 3 is 0.884 bits per heavy atom. The zero-order valence-electron chi connectivity index (χ0n) is 51.0. The molecule has 0 atom stereocenters. The van der Waals surface area contributed by atoms with Crippen LogP contribution in [0.3, 0.4) is 0 Å². The summed E-state index contributed by atoms with van der Waals surface area (Å²) in [5.41, 5.74) is 19.7. The Morgan fingerprint density at radius 1 is 0.242 bits per heavy atom. The minimum absolute atomic E-state index is 0.540. The minimum atomic E-state index is -0.752. The predicted octanol–water partition coefficient (Wildman–Crippen LogP) is 23.5. The van der Waals surface area contributed by atoms with Crippen LogP contribution in [-0.2, 0) is 17.3 Å². The lowest BCUT2D eigenvalue weighted by molar-refractivity contribution is 0.396. The van der Waals surface area contributed by atoms with Gasteiger partial charge in [0.05, 0.1) is 53.2 Å². The van der Waals surface area contributed by atoms with Crippen molar-refractivity contribution in [3.8, 4) is 68.5 Å². The molecule has 0 bridgehead atoms. The Labute approximate surface area is 565 Å². The highest BCUT2D eigenvalue weighted by molar-refractivity contribution is 9.11. The van der Waals surface area contributed by atoms with E-state index in [0.717, 1.165) is 139 Å². The lowest BCUT2D eigenvalue weighted by atomic mass is 9.62. The Balaban J connectivity index is 0.000000126. The second-order valence-corrected chi connectivity index (χ2v) is 26.4. The van der Waals surface area contributed by atoms with Crippen molar-refractivity contribution < 1.29 is 18.9 Å². The van der Waals surface area contributed by atoms with E-state index < -0.39 is 10.8 Å². The van der Waals surface area contributed by atoms with Gasteiger partial charge in [0.1, 0.15) is 34.5 Å². The average Bonchev–Trinajstić information content (AvgIpc) is 1.48. The molecule has 0 amide bonds. The van der Waals surface area contributed by atoms with Crippen LogP contribution < -0.4 is 18.9 Å². The number of ether oxygens (including phenoxy) is 4. The maximum atomic E-state index is 7.56. The molecule has 16 aromatic rings. The summed E-state index contributed by atoms with van der Waals surface area (Å²) in [7, 11) is 0. The molecule has 0 saturated heterocycles. The number of fused-ring (bicyclic) bond motifs is 25. The van der Waals surface area contributed by atoms with Crippen molar-refractivity contribution in [2.45, 2.75) is 17.3 Å². The molecule has 6 heterocycles. The van der Waals surface area contributed by atoms with E-state index >= 15 is 0 Å². The molecule has 1 aliphatic carbocycles. The fourth-order valence-corrected chi connectivity index (χ4v) is 17.0. The molecule has 0 radical (unpaired) electrons. The molecule has 450 valence electrons. The first-order valence-electron chi connectivity index (χ1n) is 32.1. The highest BCUT2D eigenvalue weighted by Crippen LogP contribution is 2.65. The predicted molar refractivity (Wildman–Crippen MR) is 389 cm³/mol. The van der Waals surface area contributed by atoms with Gasteiger partial charge in [0.25, 0.3) is 0 Å². The van der Waals surface area contributed by atoms with Crippen molar-refractivity contribution in [1.29, 1.82) is 0 Å². The zero-order valence-corrected chi connectivity index (χ0v) is 54.2. The van der Waals surface area contributed by atoms with Gasteiger partial charge in [0.2, 0.25) is 0 Å². The first-order valence-corrected chi connectivity index (χ1v) is 33.6. The van der Waals surface area contributed by atoms with Crippen LogP contribution in [0.15, 0.2) is 324 Å². The normalized spacial score (nSPS) is 13.8. The Kier molecular flexibility index (Phi) is 12.7. The first kappa shape index (κ1) is 55.5. The molecule has 2 aromatic heterocycles. The number of benzene rings is 14. The van der Waals surface area contributed by atoms with E-state index in [1.165, 1.54) is 43.8 Å². The third kappa shape index (κ3) is 8.08. The van der Waals surface area contributed by atoms with E-state index in [2.05, 4.69) is 320 Å². The van der Waals surface area contributed by atoms with Gasteiger partial charge in [-0.3, -0.25) is 0 Å². The molecular formula is C87H54Br2N2O4. The van der Waals surface area contributed by atoms with Crippen LogP contribution in [0.25, 0.3) is 66.1 Å². The smallest absolute Gasteiger partial charge is 0.156 e. The second kappa shape index (κ2) is 21.7. The van der Waals surface area contributed by atoms with Gasteiger partial charge in [-0.25, -0.2) is 0 Å². The first-order chi connectivity index (χ1) is 47.0. The third-order valence-electron chi connectivity index (χ3n) is 19.9. The van der Waals surface area contributed by atoms with Crippen LogP contribution in [0.4, 0.5) is 0 Å². The van der Waals surface area contributed by atoms with Crippen LogP contribution in [0, 0.1) is 0 Å². The Morgan fingerprint density at radius 2 is 0.516 bits per heavy atom. The molecule has 0 saturated carbocycles. The van der Waals surface area contributed by atoms with Crippen LogP contribution in [0.5, 0.6) is 46.0 Å². The molecule has 0 N–H and O–H groups in total. The fraction of sp³-hybridized carbons (Fsp3) is 0.0345. The highest BCUT2D eigenvalue weighted by Gasteiger charge is 2.53. The largest absolute Gasteiger partial charge is 0.457 e. The van der Waals surface area contributed by atoms with Crippen molar-refractivity contribution in [3.05, 3.63) is 380 Å². The molecule has 95 heavy (non-hydrogen) atoms. The summed E-state index contributed by atoms with van der Waals surface area (Å²) in [6, 6.07) is 111. The SMILES string of the molecule is Brc1cccc2c1Oc1c(Br)cccc1C21c2ccccc2Oc2ccccc21.c1ccc2c(c1)Cc1ccccc1-2.c1ccc2c(c1)Oc1ccccc1C21c2cccc(-n3c4ccccc4c4ccccc43)c2Oc2c(-n3c4ccccc4c4ccccc43)cccc21. The molecule has 21 rings (SSSR count). The highest BCUT2D eigenvalue weighted by atomic mass is 79.9. The quantitative estimate of drug-likeness (QED) is 0.173. The van der Waals surface area contributed by atoms with Crippen molar-refractivity contribution in [1.82, 2.24) is 9.13 Å². The number of halogens is 2. The van der Waals surface area contributed by atoms with Crippen LogP contribution in [-0.4, -0.2) is 9.13 Å². The standard InChI is InChI=1S/C49H30N2O2.C25H14Br2O2.C13H10/c1-7-23-39-31(15-1)32-16-2-8-24-40(32)50(39)43-27-13-21-37-47(43)53-48-38(49(37)35-19-5-11-29-45(35)52-46-30-12-6-20-36(46)49)22-14-28-44(48)51-41-25-9-3-17-33(41)34-18-4-10-26-42(34)51;26-19-11-5-9-17-23(19)29-24-18(10-6-12-20(24)27)25(17)15-7-1-3-13-21(15)28-22-14-4-2-8-16(22)25;1-3-7-12-10(5-1)9-11-6-2-4-8-13(11)12/h1-30H;1-14H;1-8H,9H2. The molecule has 8 heteroatoms. The van der Waals surface area contributed by atoms with Crippen LogP contribution in [0.2, 0.25) is 0 Å². The topological polar surface area (TPSA) is 46.8 Å². The number of rotatable bonds is 2. The van der Waals surface area contributed by atoms with Crippen LogP contribution in [0.1, 0.15) is 55.6 Å². The summed E-state index contributed by atoms with van der Waals surface area (Å²) < 4.78 is 33.7. The van der Waals surface area contributed by atoms with E-state index in [4.69, 9.17) is 18.9 Å². The van der Waals surface area contributed by atoms with E-state index in [0.29, 0.717) is 0 Å². The number of para-hydroxylation sites is 12. The number of hydrogen-bond donors (Lipinski definition) is 0. The van der Waals surface area contributed by atoms with E-state index in [1.54, 1.807) is 0 Å². The minimum Gasteiger partial charge on any atom is -0.457 e. The van der Waals surface area contributed by atoms with E-state index in [1.807, 2.05) is 36.4 Å². The van der Waals surface area contributed by atoms with E-state index in [-0.39, 0.29) is 0 Å². The average molecular weight is 1350 g/mol. The molecular weight excluding hydrogens is 1300 g/mol. The van der Waals surface area contributed by atoms with Crippen molar-refractivity contribution in [2.24, 2.45) is 0 Å². The van der Waals surface area contributed by atoms with Gasteiger partial charge < -0.3 is 28.1 Å². The lowest BCUT2D eigenvalue weighted by Crippen LogP contribution is -2.37. The molecule has 14 aromatic carbocycles. The summed E-state index contributed by atoms with van der Waals surface area (Å²) in [6.07, 6.45) is 1.10. The third-order valence-corrected chi connectivity index (χ3v) is 21.1. The maximum absolute atomic E-state index is 7.56. The van der Waals surface area contributed by atoms with Gasteiger partial charge in [0.15, 0.2) is 11.5 Å². The Bertz CT molecular complexity index is 5400. The zero-order chi connectivity index (χ0) is 62.9. The summed E-state index contributed by atoms with van der Waals surface area (Å²) in [6.45, 7) is 0. The van der Waals surface area contributed by atoms with Crippen LogP contribution >= 0.6 is 31.9 Å². The summed E-state index contributed by atoms with van der Waals surface area (Å²) >= 11 is 7.43. The second-order valence-electron chi connectivity index (χ2n) is 24.7. The molecule has 2 spiro atoms. The molecule has 4 aliphatic heterocycles.